The van der Waals surface area contributed by atoms with E-state index < -0.39 is 5.82 Å². The highest BCUT2D eigenvalue weighted by molar-refractivity contribution is 6.30. The Labute approximate surface area is 109 Å². The smallest absolute Gasteiger partial charge is 0.143 e. The van der Waals surface area contributed by atoms with Crippen LogP contribution in [0, 0.1) is 17.1 Å². The van der Waals surface area contributed by atoms with Gasteiger partial charge in [0.2, 0.25) is 0 Å². The number of nitrogens with one attached hydrogen (secondary N) is 1. The highest BCUT2D eigenvalue weighted by atomic mass is 35.5. The van der Waals surface area contributed by atoms with Gasteiger partial charge in [0, 0.05) is 5.69 Å². The Hall–Kier alpha value is -2.25. The van der Waals surface area contributed by atoms with Crippen LogP contribution < -0.4 is 11.1 Å². The van der Waals surface area contributed by atoms with Crippen molar-refractivity contribution in [2.45, 2.75) is 0 Å². The lowest BCUT2D eigenvalue weighted by Crippen LogP contribution is -1.97. The Morgan fingerprint density at radius 3 is 2.67 bits per heavy atom. The van der Waals surface area contributed by atoms with Gasteiger partial charge in [-0.2, -0.15) is 5.26 Å². The van der Waals surface area contributed by atoms with Crippen LogP contribution in [0.3, 0.4) is 0 Å². The van der Waals surface area contributed by atoms with Gasteiger partial charge in [-0.1, -0.05) is 11.6 Å². The summed E-state index contributed by atoms with van der Waals surface area (Å²) in [7, 11) is 0. The minimum atomic E-state index is -0.517. The number of benzene rings is 2. The van der Waals surface area contributed by atoms with E-state index in [9.17, 15) is 4.39 Å². The molecule has 0 spiro atoms. The maximum absolute atomic E-state index is 13.3. The average Bonchev–Trinajstić information content (AvgIpc) is 2.36. The number of halogens is 2. The summed E-state index contributed by atoms with van der Waals surface area (Å²) in [6.07, 6.45) is 0. The first-order chi connectivity index (χ1) is 8.60. The van der Waals surface area contributed by atoms with Gasteiger partial charge >= 0.3 is 0 Å². The summed E-state index contributed by atoms with van der Waals surface area (Å²) in [6.45, 7) is 0. The maximum atomic E-state index is 13.3. The van der Waals surface area contributed by atoms with Gasteiger partial charge in [0.05, 0.1) is 28.0 Å². The number of nitrogen functional groups attached to an aromatic ring is 1. The molecule has 2 aromatic rings. The molecule has 2 aromatic carbocycles. The van der Waals surface area contributed by atoms with Gasteiger partial charge in [0.25, 0.3) is 0 Å². The number of rotatable bonds is 2. The van der Waals surface area contributed by atoms with Crippen molar-refractivity contribution in [2.24, 2.45) is 0 Å². The largest absolute Gasteiger partial charge is 0.397 e. The number of nitriles is 1. The summed E-state index contributed by atoms with van der Waals surface area (Å²) in [5.74, 6) is -0.517. The molecule has 90 valence electrons. The first kappa shape index (κ1) is 12.2. The van der Waals surface area contributed by atoms with Crippen LogP contribution in [-0.4, -0.2) is 0 Å². The molecule has 0 saturated heterocycles. The fourth-order valence-electron chi connectivity index (χ4n) is 1.46. The third-order valence-corrected chi connectivity index (χ3v) is 2.69. The van der Waals surface area contributed by atoms with Crippen molar-refractivity contribution in [2.75, 3.05) is 11.1 Å². The quantitative estimate of drug-likeness (QED) is 0.811. The molecule has 0 saturated carbocycles. The van der Waals surface area contributed by atoms with Gasteiger partial charge in [-0.05, 0) is 36.4 Å². The predicted molar refractivity (Wildman–Crippen MR) is 70.3 cm³/mol. The van der Waals surface area contributed by atoms with Crippen molar-refractivity contribution in [3.8, 4) is 6.07 Å². The normalized spacial score (nSPS) is 9.83. The van der Waals surface area contributed by atoms with Gasteiger partial charge in [-0.3, -0.25) is 0 Å². The molecule has 0 aliphatic rings. The molecule has 0 heterocycles. The SMILES string of the molecule is N#Cc1ccc(N)c(Nc2ccc(Cl)c(F)c2)c1. The zero-order valence-corrected chi connectivity index (χ0v) is 10.0. The topological polar surface area (TPSA) is 61.8 Å². The van der Waals surface area contributed by atoms with E-state index in [1.165, 1.54) is 12.1 Å². The molecule has 2 rings (SSSR count). The molecule has 0 bridgehead atoms. The minimum absolute atomic E-state index is 0.0549. The standard InChI is InChI=1S/C13H9ClFN3/c14-10-3-2-9(6-11(10)15)18-13-5-8(7-16)1-4-12(13)17/h1-6,18H,17H2. The molecule has 0 aromatic heterocycles. The fourth-order valence-corrected chi connectivity index (χ4v) is 1.58. The van der Waals surface area contributed by atoms with Crippen LogP contribution in [0.4, 0.5) is 21.5 Å². The summed E-state index contributed by atoms with van der Waals surface area (Å²) in [5, 5.41) is 11.8. The summed E-state index contributed by atoms with van der Waals surface area (Å²) in [4.78, 5) is 0. The summed E-state index contributed by atoms with van der Waals surface area (Å²) in [5.41, 5.74) is 7.78. The second kappa shape index (κ2) is 4.94. The number of nitrogens with zero attached hydrogens (tertiary/aromatic N) is 1. The Bertz CT molecular complexity index is 635. The molecule has 0 aliphatic heterocycles. The molecular weight excluding hydrogens is 253 g/mol. The number of anilines is 3. The van der Waals surface area contributed by atoms with Crippen LogP contribution in [0.5, 0.6) is 0 Å². The van der Waals surface area contributed by atoms with Crippen LogP contribution in [0.1, 0.15) is 5.56 Å². The van der Waals surface area contributed by atoms with Crippen molar-refractivity contribution < 1.29 is 4.39 Å². The van der Waals surface area contributed by atoms with E-state index in [4.69, 9.17) is 22.6 Å². The molecular formula is C13H9ClFN3. The molecule has 0 unspecified atom stereocenters. The van der Waals surface area contributed by atoms with Crippen molar-refractivity contribution in [3.05, 3.63) is 52.8 Å². The Kier molecular flexibility index (Phi) is 3.35. The molecule has 18 heavy (non-hydrogen) atoms. The van der Waals surface area contributed by atoms with E-state index in [-0.39, 0.29) is 5.02 Å². The van der Waals surface area contributed by atoms with Crippen molar-refractivity contribution in [1.29, 1.82) is 5.26 Å². The summed E-state index contributed by atoms with van der Waals surface area (Å²) in [6, 6.07) is 11.2. The lowest BCUT2D eigenvalue weighted by molar-refractivity contribution is 0.629. The first-order valence-corrected chi connectivity index (χ1v) is 5.49. The number of nitrogens with two attached hydrogens (primary N) is 1. The van der Waals surface area contributed by atoms with Gasteiger partial charge in [0.15, 0.2) is 0 Å². The van der Waals surface area contributed by atoms with Crippen LogP contribution >= 0.6 is 11.6 Å². The lowest BCUT2D eigenvalue weighted by Gasteiger charge is -2.10. The molecule has 3 N–H and O–H groups in total. The fraction of sp³-hybridized carbons (Fsp3) is 0. The van der Waals surface area contributed by atoms with E-state index in [1.54, 1.807) is 24.3 Å². The van der Waals surface area contributed by atoms with Gasteiger partial charge < -0.3 is 11.1 Å². The third-order valence-electron chi connectivity index (χ3n) is 2.38. The predicted octanol–water partition coefficient (Wildman–Crippen LogP) is 3.68. The minimum Gasteiger partial charge on any atom is -0.397 e. The van der Waals surface area contributed by atoms with Crippen LogP contribution in [0.15, 0.2) is 36.4 Å². The highest BCUT2D eigenvalue weighted by Crippen LogP contribution is 2.26. The van der Waals surface area contributed by atoms with Crippen LogP contribution in [0.2, 0.25) is 5.02 Å². The van der Waals surface area contributed by atoms with Gasteiger partial charge in [0.1, 0.15) is 5.82 Å². The Morgan fingerprint density at radius 1 is 1.22 bits per heavy atom. The lowest BCUT2D eigenvalue weighted by atomic mass is 10.2. The zero-order chi connectivity index (χ0) is 13.1. The molecule has 3 nitrogen and oxygen atoms in total. The highest BCUT2D eigenvalue weighted by Gasteiger charge is 2.04. The Balaban J connectivity index is 2.33. The molecule has 0 aliphatic carbocycles. The molecule has 0 atom stereocenters. The molecule has 0 amide bonds. The van der Waals surface area contributed by atoms with E-state index >= 15 is 0 Å². The second-order valence-corrected chi connectivity index (χ2v) is 4.07. The van der Waals surface area contributed by atoms with E-state index in [1.807, 2.05) is 6.07 Å². The number of hydrogen-bond acceptors (Lipinski definition) is 3. The van der Waals surface area contributed by atoms with E-state index in [0.29, 0.717) is 22.6 Å². The summed E-state index contributed by atoms with van der Waals surface area (Å²) < 4.78 is 13.3. The zero-order valence-electron chi connectivity index (χ0n) is 9.24. The molecule has 0 fully saturated rings. The molecule has 0 radical (unpaired) electrons. The van der Waals surface area contributed by atoms with Crippen molar-refractivity contribution in [1.82, 2.24) is 0 Å². The average molecular weight is 262 g/mol. The van der Waals surface area contributed by atoms with Crippen molar-refractivity contribution >= 4 is 28.7 Å². The second-order valence-electron chi connectivity index (χ2n) is 3.67. The van der Waals surface area contributed by atoms with Crippen molar-refractivity contribution in [3.63, 3.8) is 0 Å². The van der Waals surface area contributed by atoms with Gasteiger partial charge in [-0.25, -0.2) is 4.39 Å². The summed E-state index contributed by atoms with van der Waals surface area (Å²) >= 11 is 5.59. The number of hydrogen-bond donors (Lipinski definition) is 2. The molecule has 5 heteroatoms. The van der Waals surface area contributed by atoms with Gasteiger partial charge in [-0.15, -0.1) is 0 Å². The third kappa shape index (κ3) is 2.53. The maximum Gasteiger partial charge on any atom is 0.143 e. The Morgan fingerprint density at radius 2 is 2.00 bits per heavy atom. The van der Waals surface area contributed by atoms with E-state index in [2.05, 4.69) is 5.32 Å². The van der Waals surface area contributed by atoms with E-state index in [0.717, 1.165) is 0 Å². The first-order valence-electron chi connectivity index (χ1n) is 5.12. The van der Waals surface area contributed by atoms with Crippen LogP contribution in [0.25, 0.3) is 0 Å². The van der Waals surface area contributed by atoms with Crippen LogP contribution in [-0.2, 0) is 0 Å². The monoisotopic (exact) mass is 261 g/mol.